The lowest BCUT2D eigenvalue weighted by molar-refractivity contribution is 0.551. The summed E-state index contributed by atoms with van der Waals surface area (Å²) < 4.78 is 28.5. The molecule has 2 rings (SSSR count). The molecule has 1 aromatic carbocycles. The zero-order valence-corrected chi connectivity index (χ0v) is 14.5. The lowest BCUT2D eigenvalue weighted by atomic mass is 10.0. The predicted molar refractivity (Wildman–Crippen MR) is 86.6 cm³/mol. The third-order valence-corrected chi connectivity index (χ3v) is 7.16. The zero-order valence-electron chi connectivity index (χ0n) is 11.3. The summed E-state index contributed by atoms with van der Waals surface area (Å²) in [6.45, 7) is 3.98. The van der Waals surface area contributed by atoms with Crippen LogP contribution in [0.4, 0.5) is 0 Å². The SMILES string of the molecule is CCC(NS(=O)(=O)c1sccc1Br)c1ccc(C)cc1. The van der Waals surface area contributed by atoms with Crippen LogP contribution in [0.5, 0.6) is 0 Å². The summed E-state index contributed by atoms with van der Waals surface area (Å²) in [6, 6.07) is 9.45. The number of rotatable bonds is 5. The molecule has 0 bridgehead atoms. The van der Waals surface area contributed by atoms with Crippen LogP contribution in [0.1, 0.15) is 30.5 Å². The van der Waals surface area contributed by atoms with Gasteiger partial charge in [-0.05, 0) is 46.3 Å². The van der Waals surface area contributed by atoms with Crippen molar-refractivity contribution < 1.29 is 8.42 Å². The normalized spacial score (nSPS) is 13.3. The van der Waals surface area contributed by atoms with Gasteiger partial charge in [0.05, 0.1) is 0 Å². The zero-order chi connectivity index (χ0) is 14.8. The van der Waals surface area contributed by atoms with Crippen molar-refractivity contribution in [1.82, 2.24) is 4.72 Å². The van der Waals surface area contributed by atoms with E-state index in [0.29, 0.717) is 15.1 Å². The number of thiophene rings is 1. The van der Waals surface area contributed by atoms with Gasteiger partial charge in [0.1, 0.15) is 4.21 Å². The van der Waals surface area contributed by atoms with Crippen molar-refractivity contribution in [2.45, 2.75) is 30.5 Å². The molecule has 3 nitrogen and oxygen atoms in total. The van der Waals surface area contributed by atoms with Crippen LogP contribution in [0, 0.1) is 6.92 Å². The van der Waals surface area contributed by atoms with Crippen LogP contribution in [0.3, 0.4) is 0 Å². The molecule has 0 spiro atoms. The first-order chi connectivity index (χ1) is 9.44. The molecule has 2 aromatic rings. The highest BCUT2D eigenvalue weighted by atomic mass is 79.9. The van der Waals surface area contributed by atoms with E-state index in [-0.39, 0.29) is 6.04 Å². The van der Waals surface area contributed by atoms with Gasteiger partial charge in [0.25, 0.3) is 10.0 Å². The van der Waals surface area contributed by atoms with Crippen molar-refractivity contribution in [3.8, 4) is 0 Å². The summed E-state index contributed by atoms with van der Waals surface area (Å²) in [5.74, 6) is 0. The summed E-state index contributed by atoms with van der Waals surface area (Å²) in [6.07, 6.45) is 0.700. The molecule has 0 saturated heterocycles. The summed E-state index contributed by atoms with van der Waals surface area (Å²) in [4.78, 5) is 0. The topological polar surface area (TPSA) is 46.2 Å². The number of hydrogen-bond acceptors (Lipinski definition) is 3. The second kappa shape index (κ2) is 6.39. The first-order valence-corrected chi connectivity index (χ1v) is 9.41. The average Bonchev–Trinajstić information content (AvgIpc) is 2.84. The molecule has 0 aliphatic heterocycles. The molecule has 1 heterocycles. The second-order valence-corrected chi connectivity index (χ2v) is 8.23. The minimum atomic E-state index is -3.50. The van der Waals surface area contributed by atoms with Gasteiger partial charge < -0.3 is 0 Å². The van der Waals surface area contributed by atoms with E-state index in [1.165, 1.54) is 11.3 Å². The fourth-order valence-corrected chi connectivity index (χ4v) is 5.56. The quantitative estimate of drug-likeness (QED) is 0.851. The fraction of sp³-hybridized carbons (Fsp3) is 0.286. The smallest absolute Gasteiger partial charge is 0.206 e. The number of aryl methyl sites for hydroxylation is 1. The molecule has 0 saturated carbocycles. The highest BCUT2D eigenvalue weighted by molar-refractivity contribution is 9.10. The maximum atomic E-state index is 12.4. The minimum absolute atomic E-state index is 0.213. The summed E-state index contributed by atoms with van der Waals surface area (Å²) >= 11 is 4.48. The van der Waals surface area contributed by atoms with Crippen molar-refractivity contribution >= 4 is 37.3 Å². The Kier molecular flexibility index (Phi) is 5.01. The van der Waals surface area contributed by atoms with Crippen LogP contribution in [0.25, 0.3) is 0 Å². The molecule has 0 fully saturated rings. The van der Waals surface area contributed by atoms with Gasteiger partial charge in [-0.3, -0.25) is 0 Å². The Bertz CT molecular complexity index is 677. The number of sulfonamides is 1. The molecule has 0 radical (unpaired) electrons. The summed E-state index contributed by atoms with van der Waals surface area (Å²) in [5.41, 5.74) is 2.14. The molecule has 1 atom stereocenters. The maximum Gasteiger partial charge on any atom is 0.251 e. The van der Waals surface area contributed by atoms with E-state index in [2.05, 4.69) is 20.7 Å². The first-order valence-electron chi connectivity index (χ1n) is 6.26. The predicted octanol–water partition coefficient (Wildman–Crippen LogP) is 4.25. The van der Waals surface area contributed by atoms with Crippen LogP contribution in [0.15, 0.2) is 44.4 Å². The number of benzene rings is 1. The molecular weight excluding hydrogens is 358 g/mol. The van der Waals surface area contributed by atoms with E-state index in [4.69, 9.17) is 0 Å². The van der Waals surface area contributed by atoms with Crippen LogP contribution < -0.4 is 4.72 Å². The highest BCUT2D eigenvalue weighted by Gasteiger charge is 2.23. The lowest BCUT2D eigenvalue weighted by Crippen LogP contribution is -2.28. The number of halogens is 1. The van der Waals surface area contributed by atoms with E-state index >= 15 is 0 Å². The fourth-order valence-electron chi connectivity index (χ4n) is 1.90. The maximum absolute atomic E-state index is 12.4. The van der Waals surface area contributed by atoms with Gasteiger partial charge in [0.15, 0.2) is 0 Å². The molecule has 1 unspecified atom stereocenters. The van der Waals surface area contributed by atoms with Crippen molar-refractivity contribution in [3.05, 3.63) is 51.3 Å². The van der Waals surface area contributed by atoms with Gasteiger partial charge in [-0.25, -0.2) is 13.1 Å². The van der Waals surface area contributed by atoms with E-state index in [9.17, 15) is 8.42 Å². The number of nitrogens with one attached hydrogen (secondary N) is 1. The van der Waals surface area contributed by atoms with Crippen LogP contribution in [-0.2, 0) is 10.0 Å². The molecule has 1 N–H and O–H groups in total. The Morgan fingerprint density at radius 1 is 1.25 bits per heavy atom. The van der Waals surface area contributed by atoms with E-state index in [1.54, 1.807) is 11.4 Å². The van der Waals surface area contributed by atoms with Gasteiger partial charge in [0, 0.05) is 10.5 Å². The van der Waals surface area contributed by atoms with Crippen molar-refractivity contribution in [2.75, 3.05) is 0 Å². The molecule has 20 heavy (non-hydrogen) atoms. The van der Waals surface area contributed by atoms with Crippen molar-refractivity contribution in [2.24, 2.45) is 0 Å². The van der Waals surface area contributed by atoms with Gasteiger partial charge in [0.2, 0.25) is 0 Å². The summed E-state index contributed by atoms with van der Waals surface area (Å²) in [7, 11) is -3.50. The van der Waals surface area contributed by atoms with Crippen molar-refractivity contribution in [3.63, 3.8) is 0 Å². The Balaban J connectivity index is 2.26. The number of hydrogen-bond donors (Lipinski definition) is 1. The molecule has 0 aliphatic carbocycles. The standard InChI is InChI=1S/C14H16BrNO2S2/c1-3-13(11-6-4-10(2)5-7-11)16-20(17,18)14-12(15)8-9-19-14/h4-9,13,16H,3H2,1-2H3. The van der Waals surface area contributed by atoms with Crippen LogP contribution in [-0.4, -0.2) is 8.42 Å². The average molecular weight is 374 g/mol. The second-order valence-electron chi connectivity index (χ2n) is 4.55. The Labute approximate surface area is 132 Å². The molecule has 6 heteroatoms. The van der Waals surface area contributed by atoms with Crippen molar-refractivity contribution in [1.29, 1.82) is 0 Å². The Hall–Kier alpha value is -0.690. The lowest BCUT2D eigenvalue weighted by Gasteiger charge is -2.17. The van der Waals surface area contributed by atoms with Gasteiger partial charge >= 0.3 is 0 Å². The third-order valence-electron chi connectivity index (χ3n) is 3.01. The third kappa shape index (κ3) is 3.49. The largest absolute Gasteiger partial charge is 0.251 e. The minimum Gasteiger partial charge on any atom is -0.206 e. The van der Waals surface area contributed by atoms with Gasteiger partial charge in [-0.2, -0.15) is 0 Å². The Morgan fingerprint density at radius 2 is 1.90 bits per heavy atom. The molecule has 108 valence electrons. The van der Waals surface area contributed by atoms with E-state index in [1.807, 2.05) is 38.1 Å². The van der Waals surface area contributed by atoms with Gasteiger partial charge in [-0.1, -0.05) is 36.8 Å². The van der Waals surface area contributed by atoms with Crippen LogP contribution in [0.2, 0.25) is 0 Å². The molecular formula is C14H16BrNO2S2. The van der Waals surface area contributed by atoms with E-state index < -0.39 is 10.0 Å². The highest BCUT2D eigenvalue weighted by Crippen LogP contribution is 2.29. The Morgan fingerprint density at radius 3 is 2.40 bits per heavy atom. The molecule has 1 aromatic heterocycles. The van der Waals surface area contributed by atoms with Gasteiger partial charge in [-0.15, -0.1) is 11.3 Å². The first kappa shape index (κ1) is 15.7. The monoisotopic (exact) mass is 373 g/mol. The van der Waals surface area contributed by atoms with Crippen LogP contribution >= 0.6 is 27.3 Å². The molecule has 0 amide bonds. The summed E-state index contributed by atoms with van der Waals surface area (Å²) in [5, 5.41) is 1.76. The molecule has 0 aliphatic rings. The van der Waals surface area contributed by atoms with E-state index in [0.717, 1.165) is 11.1 Å².